The highest BCUT2D eigenvalue weighted by molar-refractivity contribution is 7.09. The van der Waals surface area contributed by atoms with Gasteiger partial charge in [0.1, 0.15) is 0 Å². The Morgan fingerprint density at radius 3 is 2.75 bits per heavy atom. The minimum Gasteiger partial charge on any atom is -0.481 e. The van der Waals surface area contributed by atoms with Gasteiger partial charge >= 0.3 is 5.97 Å². The summed E-state index contributed by atoms with van der Waals surface area (Å²) in [6.45, 7) is 4.10. The van der Waals surface area contributed by atoms with Crippen LogP contribution < -0.4 is 0 Å². The molecule has 0 amide bonds. The van der Waals surface area contributed by atoms with Gasteiger partial charge in [0.15, 0.2) is 0 Å². The quantitative estimate of drug-likeness (QED) is 0.879. The number of carboxylic acid groups (broad SMARTS) is 1. The molecule has 3 rings (SSSR count). The average Bonchev–Trinajstić information content (AvgIpc) is 3.06. The first-order valence-electron chi connectivity index (χ1n) is 5.69. The van der Waals surface area contributed by atoms with Crippen molar-refractivity contribution in [2.75, 3.05) is 0 Å². The number of thiazole rings is 1. The number of carbonyl (C=O) groups is 1. The van der Waals surface area contributed by atoms with E-state index >= 15 is 0 Å². The Balaban J connectivity index is 1.93. The van der Waals surface area contributed by atoms with Gasteiger partial charge in [0, 0.05) is 16.7 Å². The van der Waals surface area contributed by atoms with Gasteiger partial charge in [-0.05, 0) is 18.3 Å². The minimum absolute atomic E-state index is 0.0952. The summed E-state index contributed by atoms with van der Waals surface area (Å²) in [5, 5.41) is 9.19. The van der Waals surface area contributed by atoms with Crippen LogP contribution in [0.5, 0.6) is 0 Å². The van der Waals surface area contributed by atoms with E-state index in [1.54, 1.807) is 11.3 Å². The summed E-state index contributed by atoms with van der Waals surface area (Å²) in [5.74, 6) is -0.0733. The van der Waals surface area contributed by atoms with E-state index in [-0.39, 0.29) is 17.3 Å². The topological polar surface area (TPSA) is 50.2 Å². The number of aliphatic carboxylic acids is 1. The third-order valence-electron chi connectivity index (χ3n) is 3.96. The highest BCUT2D eigenvalue weighted by Crippen LogP contribution is 2.66. The normalized spacial score (nSPS) is 31.4. The SMILES string of the molecule is CC1(C)C(C(=O)O)C1c1scnc1C1CC1. The Morgan fingerprint density at radius 2 is 2.25 bits per heavy atom. The number of rotatable bonds is 3. The highest BCUT2D eigenvalue weighted by atomic mass is 32.1. The lowest BCUT2D eigenvalue weighted by atomic mass is 10.1. The molecule has 2 atom stereocenters. The molecule has 0 spiro atoms. The van der Waals surface area contributed by atoms with E-state index in [0.717, 1.165) is 0 Å². The Kier molecular flexibility index (Phi) is 1.97. The van der Waals surface area contributed by atoms with Crippen LogP contribution in [0.3, 0.4) is 0 Å². The summed E-state index contributed by atoms with van der Waals surface area (Å²) in [7, 11) is 0. The van der Waals surface area contributed by atoms with Gasteiger partial charge in [-0.3, -0.25) is 4.79 Å². The van der Waals surface area contributed by atoms with E-state index in [4.69, 9.17) is 0 Å². The first-order valence-corrected chi connectivity index (χ1v) is 6.57. The molecule has 0 aromatic carbocycles. The van der Waals surface area contributed by atoms with E-state index in [9.17, 15) is 9.90 Å². The summed E-state index contributed by atoms with van der Waals surface area (Å²) in [6.07, 6.45) is 2.45. The predicted octanol–water partition coefficient (Wildman–Crippen LogP) is 2.84. The summed E-state index contributed by atoms with van der Waals surface area (Å²) >= 11 is 1.64. The van der Waals surface area contributed by atoms with Gasteiger partial charge < -0.3 is 5.11 Å². The van der Waals surface area contributed by atoms with Crippen molar-refractivity contribution in [3.63, 3.8) is 0 Å². The first-order chi connectivity index (χ1) is 7.53. The van der Waals surface area contributed by atoms with Crippen molar-refractivity contribution in [3.8, 4) is 0 Å². The third kappa shape index (κ3) is 1.32. The van der Waals surface area contributed by atoms with E-state index in [2.05, 4.69) is 4.98 Å². The highest BCUT2D eigenvalue weighted by Gasteiger charge is 2.64. The molecular formula is C12H15NO2S. The van der Waals surface area contributed by atoms with Crippen LogP contribution in [0.2, 0.25) is 0 Å². The van der Waals surface area contributed by atoms with Crippen molar-refractivity contribution in [2.24, 2.45) is 11.3 Å². The molecule has 3 nitrogen and oxygen atoms in total. The fourth-order valence-electron chi connectivity index (χ4n) is 2.75. The summed E-state index contributed by atoms with van der Waals surface area (Å²) in [4.78, 5) is 16.8. The second-order valence-corrected chi connectivity index (χ2v) is 6.38. The Labute approximate surface area is 98.5 Å². The van der Waals surface area contributed by atoms with Gasteiger partial charge in [0.05, 0.1) is 17.1 Å². The molecule has 16 heavy (non-hydrogen) atoms. The molecule has 0 bridgehead atoms. The van der Waals surface area contributed by atoms with E-state index in [1.807, 2.05) is 19.4 Å². The molecule has 2 saturated carbocycles. The van der Waals surface area contributed by atoms with Crippen LogP contribution in [0.15, 0.2) is 5.51 Å². The van der Waals surface area contributed by atoms with Crippen LogP contribution in [-0.2, 0) is 4.79 Å². The zero-order chi connectivity index (χ0) is 11.5. The lowest BCUT2D eigenvalue weighted by Gasteiger charge is -2.01. The zero-order valence-electron chi connectivity index (χ0n) is 9.43. The van der Waals surface area contributed by atoms with Gasteiger partial charge in [0.2, 0.25) is 0 Å². The van der Waals surface area contributed by atoms with Crippen LogP contribution in [0, 0.1) is 11.3 Å². The molecule has 2 aliphatic rings. The second kappa shape index (κ2) is 3.06. The van der Waals surface area contributed by atoms with Gasteiger partial charge in [-0.1, -0.05) is 13.8 Å². The van der Waals surface area contributed by atoms with E-state index in [1.165, 1.54) is 23.4 Å². The monoisotopic (exact) mass is 237 g/mol. The van der Waals surface area contributed by atoms with Gasteiger partial charge in [0.25, 0.3) is 0 Å². The Morgan fingerprint density at radius 1 is 1.56 bits per heavy atom. The maximum Gasteiger partial charge on any atom is 0.307 e. The number of hydrogen-bond acceptors (Lipinski definition) is 3. The molecule has 0 saturated heterocycles. The van der Waals surface area contributed by atoms with Gasteiger partial charge in [-0.15, -0.1) is 11.3 Å². The molecule has 86 valence electrons. The molecule has 1 aromatic heterocycles. The molecule has 1 aromatic rings. The van der Waals surface area contributed by atoms with E-state index in [0.29, 0.717) is 5.92 Å². The number of hydrogen-bond donors (Lipinski definition) is 1. The molecule has 2 unspecified atom stereocenters. The first kappa shape index (κ1) is 10.3. The number of carboxylic acids is 1. The van der Waals surface area contributed by atoms with Crippen molar-refractivity contribution in [3.05, 3.63) is 16.1 Å². The Bertz CT molecular complexity index is 448. The fourth-order valence-corrected chi connectivity index (χ4v) is 3.95. The number of aromatic nitrogens is 1. The molecule has 2 aliphatic carbocycles. The third-order valence-corrected chi connectivity index (χ3v) is 4.89. The van der Waals surface area contributed by atoms with Crippen molar-refractivity contribution in [2.45, 2.75) is 38.5 Å². The lowest BCUT2D eigenvalue weighted by Crippen LogP contribution is -2.03. The summed E-state index contributed by atoms with van der Waals surface area (Å²) < 4.78 is 0. The zero-order valence-corrected chi connectivity index (χ0v) is 10.3. The maximum atomic E-state index is 11.2. The van der Waals surface area contributed by atoms with E-state index < -0.39 is 5.97 Å². The van der Waals surface area contributed by atoms with Crippen LogP contribution in [0.4, 0.5) is 0 Å². The van der Waals surface area contributed by atoms with Gasteiger partial charge in [-0.25, -0.2) is 4.98 Å². The largest absolute Gasteiger partial charge is 0.481 e. The second-order valence-electron chi connectivity index (χ2n) is 5.49. The lowest BCUT2D eigenvalue weighted by molar-refractivity contribution is -0.139. The smallest absolute Gasteiger partial charge is 0.307 e. The number of nitrogens with zero attached hydrogens (tertiary/aromatic N) is 1. The maximum absolute atomic E-state index is 11.2. The van der Waals surface area contributed by atoms with Crippen molar-refractivity contribution < 1.29 is 9.90 Å². The van der Waals surface area contributed by atoms with Crippen molar-refractivity contribution in [1.82, 2.24) is 4.98 Å². The molecule has 1 heterocycles. The van der Waals surface area contributed by atoms with Gasteiger partial charge in [-0.2, -0.15) is 0 Å². The van der Waals surface area contributed by atoms with Crippen LogP contribution in [-0.4, -0.2) is 16.1 Å². The summed E-state index contributed by atoms with van der Waals surface area (Å²) in [5.41, 5.74) is 2.96. The van der Waals surface area contributed by atoms with Crippen molar-refractivity contribution in [1.29, 1.82) is 0 Å². The minimum atomic E-state index is -0.662. The van der Waals surface area contributed by atoms with Crippen molar-refractivity contribution >= 4 is 17.3 Å². The molecule has 0 radical (unpaired) electrons. The standard InChI is InChI=1S/C12H15NO2S/c1-12(2)7(8(12)11(14)15)10-9(6-3-4-6)13-5-16-10/h5-8H,3-4H2,1-2H3,(H,14,15). The predicted molar refractivity (Wildman–Crippen MR) is 61.7 cm³/mol. The molecule has 1 N–H and O–H groups in total. The molecule has 2 fully saturated rings. The molecule has 4 heteroatoms. The van der Waals surface area contributed by atoms with Crippen LogP contribution in [0.25, 0.3) is 0 Å². The van der Waals surface area contributed by atoms with Crippen LogP contribution in [0.1, 0.15) is 49.1 Å². The summed E-state index contributed by atoms with van der Waals surface area (Å²) in [6, 6.07) is 0. The Hall–Kier alpha value is -0.900. The fraction of sp³-hybridized carbons (Fsp3) is 0.667. The average molecular weight is 237 g/mol. The molecule has 0 aliphatic heterocycles. The van der Waals surface area contributed by atoms with Crippen LogP contribution >= 0.6 is 11.3 Å². The molecular weight excluding hydrogens is 222 g/mol.